The summed E-state index contributed by atoms with van der Waals surface area (Å²) in [7, 11) is 0. The molecule has 1 heterocycles. The lowest BCUT2D eigenvalue weighted by molar-refractivity contribution is -0.136. The van der Waals surface area contributed by atoms with Crippen molar-refractivity contribution in [2.45, 2.75) is 26.4 Å². The van der Waals surface area contributed by atoms with E-state index in [0.29, 0.717) is 13.0 Å². The van der Waals surface area contributed by atoms with E-state index in [2.05, 4.69) is 66.1 Å². The summed E-state index contributed by atoms with van der Waals surface area (Å²) in [5.41, 5.74) is 5.60. The van der Waals surface area contributed by atoms with Crippen LogP contribution >= 0.6 is 0 Å². The van der Waals surface area contributed by atoms with Crippen LogP contribution in [0, 0.1) is 6.92 Å². The van der Waals surface area contributed by atoms with E-state index in [1.807, 2.05) is 24.3 Å². The van der Waals surface area contributed by atoms with Gasteiger partial charge < -0.3 is 14.4 Å². The van der Waals surface area contributed by atoms with Crippen molar-refractivity contribution in [2.24, 2.45) is 0 Å². The number of rotatable bonds is 7. The molecule has 0 saturated carbocycles. The summed E-state index contributed by atoms with van der Waals surface area (Å²) in [5.74, 6) is -0.00649. The molecule has 0 radical (unpaired) electrons. The Hall–Kier alpha value is -3.53. The van der Waals surface area contributed by atoms with Crippen molar-refractivity contribution >= 4 is 16.9 Å². The van der Waals surface area contributed by atoms with Gasteiger partial charge in [-0.15, -0.1) is 0 Å². The van der Waals surface area contributed by atoms with Crippen molar-refractivity contribution in [3.63, 3.8) is 0 Å². The summed E-state index contributed by atoms with van der Waals surface area (Å²) in [6.07, 6.45) is 0.669. The lowest BCUT2D eigenvalue weighted by Crippen LogP contribution is -2.00. The van der Waals surface area contributed by atoms with E-state index < -0.39 is 5.97 Å². The van der Waals surface area contributed by atoms with Gasteiger partial charge in [0.2, 0.25) is 0 Å². The lowest BCUT2D eigenvalue weighted by Gasteiger charge is -2.12. The van der Waals surface area contributed by atoms with Crippen molar-refractivity contribution < 1.29 is 14.6 Å². The SMILES string of the molecule is Cc1cc2ccccc2n1-c1cccc(COc2ccc(CCC(=O)O)cc2)c1. The Morgan fingerprint density at radius 3 is 2.52 bits per heavy atom. The molecular weight excluding hydrogens is 362 g/mol. The van der Waals surface area contributed by atoms with Gasteiger partial charge in [0.25, 0.3) is 0 Å². The molecule has 0 unspecified atom stereocenters. The number of hydrogen-bond acceptors (Lipinski definition) is 2. The predicted molar refractivity (Wildman–Crippen MR) is 115 cm³/mol. The summed E-state index contributed by atoms with van der Waals surface area (Å²) in [5, 5.41) is 10.0. The van der Waals surface area contributed by atoms with Gasteiger partial charge in [-0.3, -0.25) is 4.79 Å². The summed E-state index contributed by atoms with van der Waals surface area (Å²) in [6.45, 7) is 2.59. The molecule has 4 nitrogen and oxygen atoms in total. The van der Waals surface area contributed by atoms with Crippen LogP contribution in [0.15, 0.2) is 78.9 Å². The third-order valence-electron chi connectivity index (χ3n) is 5.02. The third kappa shape index (κ3) is 4.32. The number of hydrogen-bond donors (Lipinski definition) is 1. The predicted octanol–water partition coefficient (Wildman–Crippen LogP) is 5.54. The van der Waals surface area contributed by atoms with Crippen LogP contribution in [0.2, 0.25) is 0 Å². The molecule has 3 aromatic carbocycles. The van der Waals surface area contributed by atoms with Crippen LogP contribution in [-0.2, 0) is 17.8 Å². The number of carbonyl (C=O) groups is 1. The second-order valence-electron chi connectivity index (χ2n) is 7.18. The standard InChI is InChI=1S/C25H23NO3/c1-18-15-21-6-2-3-8-24(21)26(18)22-7-4-5-20(16-22)17-29-23-12-9-19(10-13-23)11-14-25(27)28/h2-10,12-13,15-16H,11,14,17H2,1H3,(H,27,28). The molecule has 0 fully saturated rings. The second-order valence-corrected chi connectivity index (χ2v) is 7.18. The third-order valence-corrected chi connectivity index (χ3v) is 5.02. The van der Waals surface area contributed by atoms with Crippen LogP contribution in [0.3, 0.4) is 0 Å². The Morgan fingerprint density at radius 1 is 0.931 bits per heavy atom. The molecule has 4 heteroatoms. The molecule has 146 valence electrons. The van der Waals surface area contributed by atoms with Crippen LogP contribution in [0.25, 0.3) is 16.6 Å². The topological polar surface area (TPSA) is 51.5 Å². The van der Waals surface area contributed by atoms with Gasteiger partial charge in [-0.1, -0.05) is 42.5 Å². The van der Waals surface area contributed by atoms with Crippen LogP contribution in [0.4, 0.5) is 0 Å². The summed E-state index contributed by atoms with van der Waals surface area (Å²) in [4.78, 5) is 10.7. The molecule has 29 heavy (non-hydrogen) atoms. The first-order valence-corrected chi connectivity index (χ1v) is 9.70. The minimum Gasteiger partial charge on any atom is -0.489 e. The van der Waals surface area contributed by atoms with Gasteiger partial charge in [0.1, 0.15) is 12.4 Å². The molecular formula is C25H23NO3. The number of para-hydroxylation sites is 1. The summed E-state index contributed by atoms with van der Waals surface area (Å²) in [6, 6.07) is 26.6. The first kappa shape index (κ1) is 18.8. The van der Waals surface area contributed by atoms with Crippen molar-refractivity contribution in [1.82, 2.24) is 4.57 Å². The molecule has 4 rings (SSSR count). The lowest BCUT2D eigenvalue weighted by atomic mass is 10.1. The zero-order valence-electron chi connectivity index (χ0n) is 16.3. The number of fused-ring (bicyclic) bond motifs is 1. The Kier molecular flexibility index (Phi) is 5.34. The van der Waals surface area contributed by atoms with Crippen LogP contribution in [0.1, 0.15) is 23.2 Å². The Balaban J connectivity index is 1.48. The Labute approximate surface area is 170 Å². The maximum atomic E-state index is 10.7. The molecule has 1 aromatic heterocycles. The number of aryl methyl sites for hydroxylation is 2. The average molecular weight is 385 g/mol. The first-order valence-electron chi connectivity index (χ1n) is 9.70. The highest BCUT2D eigenvalue weighted by Crippen LogP contribution is 2.25. The zero-order valence-corrected chi connectivity index (χ0v) is 16.3. The number of ether oxygens (including phenoxy) is 1. The van der Waals surface area contributed by atoms with Gasteiger partial charge in [0, 0.05) is 23.2 Å². The first-order chi connectivity index (χ1) is 14.1. The molecule has 4 aromatic rings. The van der Waals surface area contributed by atoms with Gasteiger partial charge in [-0.05, 0) is 60.9 Å². The fraction of sp³-hybridized carbons (Fsp3) is 0.160. The fourth-order valence-corrected chi connectivity index (χ4v) is 3.59. The molecule has 0 bridgehead atoms. The van der Waals surface area contributed by atoms with Gasteiger partial charge in [0.15, 0.2) is 0 Å². The number of carboxylic acids is 1. The van der Waals surface area contributed by atoms with Gasteiger partial charge >= 0.3 is 5.97 Å². The normalized spacial score (nSPS) is 10.9. The highest BCUT2D eigenvalue weighted by Gasteiger charge is 2.08. The minimum atomic E-state index is -0.782. The van der Waals surface area contributed by atoms with E-state index in [1.54, 1.807) is 0 Å². The monoisotopic (exact) mass is 385 g/mol. The number of carboxylic acid groups (broad SMARTS) is 1. The minimum absolute atomic E-state index is 0.139. The van der Waals surface area contributed by atoms with E-state index in [-0.39, 0.29) is 6.42 Å². The van der Waals surface area contributed by atoms with Gasteiger partial charge in [-0.25, -0.2) is 0 Å². The quantitative estimate of drug-likeness (QED) is 0.455. The van der Waals surface area contributed by atoms with Crippen LogP contribution in [-0.4, -0.2) is 15.6 Å². The molecule has 0 aliphatic carbocycles. The highest BCUT2D eigenvalue weighted by molar-refractivity contribution is 5.83. The van der Waals surface area contributed by atoms with Crippen LogP contribution < -0.4 is 4.74 Å². The Bertz CT molecular complexity index is 1140. The molecule has 0 aliphatic heterocycles. The van der Waals surface area contributed by atoms with Gasteiger partial charge in [-0.2, -0.15) is 0 Å². The summed E-state index contributed by atoms with van der Waals surface area (Å²) >= 11 is 0. The van der Waals surface area contributed by atoms with Crippen molar-refractivity contribution in [3.8, 4) is 11.4 Å². The largest absolute Gasteiger partial charge is 0.489 e. The molecule has 0 atom stereocenters. The maximum Gasteiger partial charge on any atom is 0.303 e. The van der Waals surface area contributed by atoms with E-state index in [4.69, 9.17) is 9.84 Å². The van der Waals surface area contributed by atoms with Gasteiger partial charge in [0.05, 0.1) is 5.52 Å². The molecule has 0 aliphatic rings. The van der Waals surface area contributed by atoms with Crippen LogP contribution in [0.5, 0.6) is 5.75 Å². The maximum absolute atomic E-state index is 10.7. The average Bonchev–Trinajstić information content (AvgIpc) is 3.07. The number of aromatic nitrogens is 1. The highest BCUT2D eigenvalue weighted by atomic mass is 16.5. The molecule has 0 amide bonds. The Morgan fingerprint density at radius 2 is 1.72 bits per heavy atom. The van der Waals surface area contributed by atoms with E-state index in [9.17, 15) is 4.79 Å². The summed E-state index contributed by atoms with van der Waals surface area (Å²) < 4.78 is 8.20. The molecule has 1 N–H and O–H groups in total. The van der Waals surface area contributed by atoms with Crippen molar-refractivity contribution in [3.05, 3.63) is 95.7 Å². The number of benzene rings is 3. The van der Waals surface area contributed by atoms with Crippen molar-refractivity contribution in [2.75, 3.05) is 0 Å². The number of aliphatic carboxylic acids is 1. The second kappa shape index (κ2) is 8.23. The van der Waals surface area contributed by atoms with E-state index in [1.165, 1.54) is 16.6 Å². The molecule has 0 spiro atoms. The zero-order chi connectivity index (χ0) is 20.2. The number of nitrogens with zero attached hydrogens (tertiary/aromatic N) is 1. The fourth-order valence-electron chi connectivity index (χ4n) is 3.59. The van der Waals surface area contributed by atoms with Crippen molar-refractivity contribution in [1.29, 1.82) is 0 Å². The molecule has 0 saturated heterocycles. The van der Waals surface area contributed by atoms with E-state index in [0.717, 1.165) is 22.6 Å². The van der Waals surface area contributed by atoms with E-state index >= 15 is 0 Å². The smallest absolute Gasteiger partial charge is 0.303 e.